The smallest absolute Gasteiger partial charge is 0.205 e. The van der Waals surface area contributed by atoms with Crippen LogP contribution in [0.5, 0.6) is 0 Å². The van der Waals surface area contributed by atoms with Gasteiger partial charge in [0, 0.05) is 10.6 Å². The van der Waals surface area contributed by atoms with Crippen LogP contribution < -0.4 is 0 Å². The first-order chi connectivity index (χ1) is 12.7. The fourth-order valence-electron chi connectivity index (χ4n) is 2.30. The van der Waals surface area contributed by atoms with E-state index in [-0.39, 0.29) is 0 Å². The van der Waals surface area contributed by atoms with Gasteiger partial charge in [-0.15, -0.1) is 5.10 Å². The Bertz CT molecular complexity index is 1070. The van der Waals surface area contributed by atoms with E-state index in [0.29, 0.717) is 20.6 Å². The lowest BCUT2D eigenvalue weighted by Crippen LogP contribution is -1.95. The predicted molar refractivity (Wildman–Crippen MR) is 109 cm³/mol. The van der Waals surface area contributed by atoms with Gasteiger partial charge < -0.3 is 4.42 Å². The van der Waals surface area contributed by atoms with Gasteiger partial charge in [0.15, 0.2) is 14.1 Å². The van der Waals surface area contributed by atoms with Gasteiger partial charge in [-0.3, -0.25) is 0 Å². The van der Waals surface area contributed by atoms with Gasteiger partial charge in [-0.05, 0) is 48.6 Å². The zero-order chi connectivity index (χ0) is 17.9. The van der Waals surface area contributed by atoms with Crippen molar-refractivity contribution in [2.45, 2.75) is 10.1 Å². The maximum Gasteiger partial charge on any atom is 0.205 e. The summed E-state index contributed by atoms with van der Waals surface area (Å²) >= 11 is 14.4. The third-order valence-electron chi connectivity index (χ3n) is 3.53. The standard InChI is InChI=1S/C18H12ClN3OS3/c19-13-8-6-12(7-9-13)15-10-20-16(23-15)11-25-17-21-22(18(24)26-17)14-4-2-1-3-5-14/h1-10H,11H2. The topological polar surface area (TPSA) is 43.9 Å². The fraction of sp³-hybridized carbons (Fsp3) is 0.0556. The van der Waals surface area contributed by atoms with Crippen molar-refractivity contribution in [3.05, 3.63) is 75.7 Å². The molecular formula is C18H12ClN3OS3. The molecule has 0 bridgehead atoms. The normalized spacial score (nSPS) is 11.0. The largest absolute Gasteiger partial charge is 0.440 e. The highest BCUT2D eigenvalue weighted by Crippen LogP contribution is 2.29. The van der Waals surface area contributed by atoms with Gasteiger partial charge in [-0.1, -0.05) is 52.9 Å². The van der Waals surface area contributed by atoms with Crippen LogP contribution in [0.4, 0.5) is 0 Å². The quantitative estimate of drug-likeness (QED) is 0.283. The number of oxazole rings is 1. The molecule has 0 saturated heterocycles. The molecule has 2 aromatic heterocycles. The molecule has 4 nitrogen and oxygen atoms in total. The van der Waals surface area contributed by atoms with Crippen LogP contribution in [0.3, 0.4) is 0 Å². The molecule has 8 heteroatoms. The van der Waals surface area contributed by atoms with E-state index in [1.165, 1.54) is 11.3 Å². The summed E-state index contributed by atoms with van der Waals surface area (Å²) < 4.78 is 9.19. The van der Waals surface area contributed by atoms with Crippen molar-refractivity contribution in [1.82, 2.24) is 14.8 Å². The Kier molecular flexibility index (Phi) is 5.21. The third-order valence-corrected chi connectivity index (χ3v) is 6.13. The van der Waals surface area contributed by atoms with E-state index < -0.39 is 0 Å². The Balaban J connectivity index is 1.47. The van der Waals surface area contributed by atoms with E-state index in [0.717, 1.165) is 21.4 Å². The molecule has 0 spiro atoms. The molecular weight excluding hydrogens is 406 g/mol. The number of aromatic nitrogens is 3. The van der Waals surface area contributed by atoms with Crippen LogP contribution in [0.25, 0.3) is 17.0 Å². The van der Waals surface area contributed by atoms with Crippen molar-refractivity contribution in [3.63, 3.8) is 0 Å². The van der Waals surface area contributed by atoms with E-state index in [2.05, 4.69) is 10.1 Å². The van der Waals surface area contributed by atoms with E-state index in [1.807, 2.05) is 54.6 Å². The van der Waals surface area contributed by atoms with E-state index in [1.54, 1.807) is 22.6 Å². The van der Waals surface area contributed by atoms with E-state index >= 15 is 0 Å². The van der Waals surface area contributed by atoms with Crippen LogP contribution in [0.1, 0.15) is 5.89 Å². The van der Waals surface area contributed by atoms with Gasteiger partial charge in [0.05, 0.1) is 17.6 Å². The lowest BCUT2D eigenvalue weighted by Gasteiger charge is -1.98. The minimum Gasteiger partial charge on any atom is -0.440 e. The van der Waals surface area contributed by atoms with Crippen LogP contribution in [0.2, 0.25) is 5.02 Å². The summed E-state index contributed by atoms with van der Waals surface area (Å²) in [6, 6.07) is 17.3. The molecule has 130 valence electrons. The first-order valence-electron chi connectivity index (χ1n) is 7.68. The van der Waals surface area contributed by atoms with Gasteiger partial charge in [-0.25, -0.2) is 9.67 Å². The summed E-state index contributed by atoms with van der Waals surface area (Å²) in [5, 5.41) is 5.27. The van der Waals surface area contributed by atoms with E-state index in [4.69, 9.17) is 28.2 Å². The molecule has 0 unspecified atom stereocenters. The van der Waals surface area contributed by atoms with Crippen molar-refractivity contribution in [2.24, 2.45) is 0 Å². The Morgan fingerprint density at radius 3 is 2.65 bits per heavy atom. The zero-order valence-electron chi connectivity index (χ0n) is 13.3. The maximum absolute atomic E-state index is 5.92. The number of nitrogens with zero attached hydrogens (tertiary/aromatic N) is 3. The van der Waals surface area contributed by atoms with Crippen LogP contribution >= 0.6 is 46.9 Å². The predicted octanol–water partition coefficient (Wildman–Crippen LogP) is 6.26. The summed E-state index contributed by atoms with van der Waals surface area (Å²) in [6.07, 6.45) is 1.73. The number of hydrogen-bond donors (Lipinski definition) is 0. The van der Waals surface area contributed by atoms with Crippen LogP contribution in [0.15, 0.2) is 69.6 Å². The number of thioether (sulfide) groups is 1. The molecule has 2 heterocycles. The van der Waals surface area contributed by atoms with Crippen LogP contribution in [-0.2, 0) is 5.75 Å². The molecule has 26 heavy (non-hydrogen) atoms. The van der Waals surface area contributed by atoms with Gasteiger partial charge in [-0.2, -0.15) is 0 Å². The Morgan fingerprint density at radius 1 is 1.12 bits per heavy atom. The first-order valence-corrected chi connectivity index (χ1v) is 10.3. The molecule has 4 aromatic rings. The van der Waals surface area contributed by atoms with Crippen molar-refractivity contribution < 1.29 is 4.42 Å². The summed E-state index contributed by atoms with van der Waals surface area (Å²) in [5.74, 6) is 1.96. The number of halogens is 1. The molecule has 0 fully saturated rings. The number of benzene rings is 2. The number of para-hydroxylation sites is 1. The number of rotatable bonds is 5. The lowest BCUT2D eigenvalue weighted by atomic mass is 10.2. The number of hydrogen-bond acceptors (Lipinski definition) is 6. The minimum atomic E-state index is 0.588. The molecule has 0 aliphatic heterocycles. The zero-order valence-corrected chi connectivity index (χ0v) is 16.5. The van der Waals surface area contributed by atoms with Crippen LogP contribution in [-0.4, -0.2) is 14.8 Å². The van der Waals surface area contributed by atoms with Crippen molar-refractivity contribution >= 4 is 46.9 Å². The second-order valence-electron chi connectivity index (χ2n) is 5.30. The molecule has 0 aliphatic rings. The van der Waals surface area contributed by atoms with Crippen molar-refractivity contribution in [2.75, 3.05) is 0 Å². The highest BCUT2D eigenvalue weighted by atomic mass is 35.5. The summed E-state index contributed by atoms with van der Waals surface area (Å²) in [5.41, 5.74) is 1.91. The monoisotopic (exact) mass is 417 g/mol. The minimum absolute atomic E-state index is 0.588. The van der Waals surface area contributed by atoms with Gasteiger partial charge in [0.25, 0.3) is 0 Å². The first kappa shape index (κ1) is 17.5. The molecule has 2 aromatic carbocycles. The lowest BCUT2D eigenvalue weighted by molar-refractivity contribution is 0.530. The molecule has 4 rings (SSSR count). The van der Waals surface area contributed by atoms with Gasteiger partial charge >= 0.3 is 0 Å². The summed E-state index contributed by atoms with van der Waals surface area (Å²) in [6.45, 7) is 0. The fourth-order valence-corrected chi connectivity index (χ4v) is 4.64. The maximum atomic E-state index is 5.92. The second-order valence-corrected chi connectivity index (χ2v) is 8.58. The molecule has 0 aliphatic carbocycles. The SMILES string of the molecule is S=c1sc(SCc2ncc(-c3ccc(Cl)cc3)o2)nn1-c1ccccc1. The molecule has 0 amide bonds. The molecule has 0 atom stereocenters. The van der Waals surface area contributed by atoms with Crippen molar-refractivity contribution in [3.8, 4) is 17.0 Å². The Hall–Kier alpha value is -1.93. The van der Waals surface area contributed by atoms with Crippen LogP contribution in [0, 0.1) is 3.95 Å². The average Bonchev–Trinajstić information content (AvgIpc) is 3.28. The Labute approximate surface area is 168 Å². The second kappa shape index (κ2) is 7.75. The summed E-state index contributed by atoms with van der Waals surface area (Å²) in [4.78, 5) is 4.34. The van der Waals surface area contributed by atoms with Crippen molar-refractivity contribution in [1.29, 1.82) is 0 Å². The Morgan fingerprint density at radius 2 is 1.88 bits per heavy atom. The van der Waals surface area contributed by atoms with E-state index in [9.17, 15) is 0 Å². The highest BCUT2D eigenvalue weighted by Gasteiger charge is 2.10. The van der Waals surface area contributed by atoms with Gasteiger partial charge in [0.1, 0.15) is 0 Å². The molecule has 0 radical (unpaired) electrons. The van der Waals surface area contributed by atoms with Gasteiger partial charge in [0.2, 0.25) is 5.89 Å². The highest BCUT2D eigenvalue weighted by molar-refractivity contribution is 8.00. The molecule has 0 saturated carbocycles. The molecule has 0 N–H and O–H groups in total. The average molecular weight is 418 g/mol. The summed E-state index contributed by atoms with van der Waals surface area (Å²) in [7, 11) is 0. The third kappa shape index (κ3) is 3.91.